The Balaban J connectivity index is 1.78. The van der Waals surface area contributed by atoms with E-state index in [2.05, 4.69) is 10.3 Å². The van der Waals surface area contributed by atoms with E-state index < -0.39 is 4.92 Å². The van der Waals surface area contributed by atoms with Crippen LogP contribution >= 0.6 is 0 Å². The predicted octanol–water partition coefficient (Wildman–Crippen LogP) is 2.59. The zero-order valence-corrected chi connectivity index (χ0v) is 9.06. The Morgan fingerprint density at radius 1 is 1.50 bits per heavy atom. The quantitative estimate of drug-likeness (QED) is 0.613. The van der Waals surface area contributed by atoms with Gasteiger partial charge in [0, 0.05) is 12.6 Å². The third kappa shape index (κ3) is 2.68. The molecule has 2 rings (SSSR count). The summed E-state index contributed by atoms with van der Waals surface area (Å²) in [6.07, 6.45) is 6.75. The van der Waals surface area contributed by atoms with Crippen LogP contribution in [0.2, 0.25) is 0 Å². The Bertz CT molecular complexity index is 360. The molecule has 1 N–H and O–H groups in total. The lowest BCUT2D eigenvalue weighted by atomic mass is 9.83. The Hall–Kier alpha value is -1.65. The van der Waals surface area contributed by atoms with Gasteiger partial charge in [0.25, 0.3) is 0 Å². The largest absolute Gasteiger partial charge is 0.382 e. The fraction of sp³-hybridized carbons (Fsp3) is 0.545. The van der Waals surface area contributed by atoms with Crippen LogP contribution in [-0.2, 0) is 0 Å². The lowest BCUT2D eigenvalue weighted by Crippen LogP contribution is -2.15. The monoisotopic (exact) mass is 221 g/mol. The minimum absolute atomic E-state index is 0.107. The number of nitrogens with zero attached hydrogens (tertiary/aromatic N) is 2. The molecule has 1 fully saturated rings. The minimum Gasteiger partial charge on any atom is -0.382 e. The van der Waals surface area contributed by atoms with Crippen molar-refractivity contribution in [2.24, 2.45) is 5.92 Å². The molecule has 5 heteroatoms. The molecule has 0 aromatic carbocycles. The van der Waals surface area contributed by atoms with Crippen LogP contribution in [-0.4, -0.2) is 16.5 Å². The topological polar surface area (TPSA) is 68.1 Å². The number of nitrogens with one attached hydrogen (secondary N) is 1. The van der Waals surface area contributed by atoms with Gasteiger partial charge in [0.05, 0.1) is 5.69 Å². The van der Waals surface area contributed by atoms with Gasteiger partial charge in [-0.3, -0.25) is 0 Å². The average Bonchev–Trinajstić information content (AvgIpc) is 2.22. The van der Waals surface area contributed by atoms with Gasteiger partial charge < -0.3 is 15.4 Å². The van der Waals surface area contributed by atoms with Gasteiger partial charge in [0.1, 0.15) is 0 Å². The molecule has 1 aromatic rings. The van der Waals surface area contributed by atoms with Crippen molar-refractivity contribution in [2.45, 2.75) is 25.7 Å². The highest BCUT2D eigenvalue weighted by Gasteiger charge is 2.16. The van der Waals surface area contributed by atoms with Crippen molar-refractivity contribution in [3.63, 3.8) is 0 Å². The van der Waals surface area contributed by atoms with Gasteiger partial charge >= 0.3 is 5.82 Å². The Morgan fingerprint density at radius 2 is 2.31 bits per heavy atom. The number of nitro groups is 1. The molecule has 0 aliphatic heterocycles. The molecular formula is C11H15N3O2. The molecule has 0 bridgehead atoms. The van der Waals surface area contributed by atoms with Crippen LogP contribution in [0.25, 0.3) is 0 Å². The normalized spacial score (nSPS) is 15.5. The van der Waals surface area contributed by atoms with Crippen LogP contribution in [0, 0.1) is 16.0 Å². The second kappa shape index (κ2) is 4.92. The van der Waals surface area contributed by atoms with Crippen molar-refractivity contribution in [1.82, 2.24) is 4.98 Å². The van der Waals surface area contributed by atoms with Crippen LogP contribution in [0.15, 0.2) is 18.3 Å². The third-order valence-electron chi connectivity index (χ3n) is 3.04. The molecular weight excluding hydrogens is 206 g/mol. The van der Waals surface area contributed by atoms with Crippen LogP contribution in [0.5, 0.6) is 0 Å². The van der Waals surface area contributed by atoms with Gasteiger partial charge in [0.2, 0.25) is 0 Å². The highest BCUT2D eigenvalue weighted by Crippen LogP contribution is 2.29. The molecule has 0 spiro atoms. The van der Waals surface area contributed by atoms with E-state index in [-0.39, 0.29) is 5.82 Å². The minimum atomic E-state index is -0.488. The molecule has 0 radical (unpaired) electrons. The maximum atomic E-state index is 10.4. The Labute approximate surface area is 94.0 Å². The summed E-state index contributed by atoms with van der Waals surface area (Å²) >= 11 is 0. The van der Waals surface area contributed by atoms with E-state index in [0.29, 0.717) is 0 Å². The Kier molecular flexibility index (Phi) is 3.34. The van der Waals surface area contributed by atoms with Crippen molar-refractivity contribution in [3.05, 3.63) is 28.4 Å². The van der Waals surface area contributed by atoms with Gasteiger partial charge in [-0.1, -0.05) is 19.3 Å². The maximum absolute atomic E-state index is 10.4. The van der Waals surface area contributed by atoms with Crippen LogP contribution in [0.4, 0.5) is 11.5 Å². The van der Waals surface area contributed by atoms with E-state index >= 15 is 0 Å². The zero-order valence-electron chi connectivity index (χ0n) is 9.06. The van der Waals surface area contributed by atoms with Crippen molar-refractivity contribution in [3.8, 4) is 0 Å². The molecule has 1 heterocycles. The number of rotatable bonds is 5. The summed E-state index contributed by atoms with van der Waals surface area (Å²) in [5, 5.41) is 13.6. The number of hydrogen-bond donors (Lipinski definition) is 1. The first-order chi connectivity index (χ1) is 7.75. The summed E-state index contributed by atoms with van der Waals surface area (Å²) in [5.41, 5.74) is 0.852. The van der Waals surface area contributed by atoms with Crippen LogP contribution in [0.1, 0.15) is 25.7 Å². The predicted molar refractivity (Wildman–Crippen MR) is 61.3 cm³/mol. The lowest BCUT2D eigenvalue weighted by Gasteiger charge is -2.25. The number of aromatic nitrogens is 1. The molecule has 0 amide bonds. The zero-order chi connectivity index (χ0) is 11.4. The van der Waals surface area contributed by atoms with Gasteiger partial charge in [0.15, 0.2) is 6.20 Å². The average molecular weight is 221 g/mol. The lowest BCUT2D eigenvalue weighted by molar-refractivity contribution is -0.389. The summed E-state index contributed by atoms with van der Waals surface area (Å²) < 4.78 is 0. The number of hydrogen-bond acceptors (Lipinski definition) is 4. The second-order valence-electron chi connectivity index (χ2n) is 4.17. The number of anilines is 1. The van der Waals surface area contributed by atoms with Gasteiger partial charge in [-0.15, -0.1) is 0 Å². The molecule has 16 heavy (non-hydrogen) atoms. The summed E-state index contributed by atoms with van der Waals surface area (Å²) in [6.45, 7) is 0.921. The van der Waals surface area contributed by atoms with Crippen molar-refractivity contribution < 1.29 is 4.92 Å². The highest BCUT2D eigenvalue weighted by atomic mass is 16.6. The summed E-state index contributed by atoms with van der Waals surface area (Å²) in [5.74, 6) is 0.767. The first-order valence-corrected chi connectivity index (χ1v) is 5.60. The second-order valence-corrected chi connectivity index (χ2v) is 4.17. The van der Waals surface area contributed by atoms with Crippen LogP contribution in [0.3, 0.4) is 0 Å². The van der Waals surface area contributed by atoms with E-state index in [0.717, 1.165) is 18.2 Å². The molecule has 1 saturated carbocycles. The summed E-state index contributed by atoms with van der Waals surface area (Å²) in [6, 6.07) is 3.12. The smallest absolute Gasteiger partial charge is 0.363 e. The molecule has 86 valence electrons. The SMILES string of the molecule is O=[N+]([O-])c1ccc(NCCC2CCC2)cn1. The standard InChI is InChI=1S/C11H15N3O2/c15-14(16)11-5-4-10(8-13-11)12-7-6-9-2-1-3-9/h4-5,8-9,12H,1-3,6-7H2. The van der Waals surface area contributed by atoms with E-state index in [1.165, 1.54) is 37.9 Å². The van der Waals surface area contributed by atoms with E-state index in [1.54, 1.807) is 6.07 Å². The molecule has 0 atom stereocenters. The van der Waals surface area contributed by atoms with Crippen molar-refractivity contribution in [1.29, 1.82) is 0 Å². The van der Waals surface area contributed by atoms with Crippen molar-refractivity contribution >= 4 is 11.5 Å². The molecule has 1 aliphatic rings. The molecule has 0 unspecified atom stereocenters. The van der Waals surface area contributed by atoms with E-state index in [9.17, 15) is 10.1 Å². The maximum Gasteiger partial charge on any atom is 0.363 e. The number of pyridine rings is 1. The fourth-order valence-electron chi connectivity index (χ4n) is 1.80. The molecule has 5 nitrogen and oxygen atoms in total. The van der Waals surface area contributed by atoms with Gasteiger partial charge in [-0.05, 0) is 28.3 Å². The summed E-state index contributed by atoms with van der Waals surface area (Å²) in [7, 11) is 0. The van der Waals surface area contributed by atoms with Crippen LogP contribution < -0.4 is 5.32 Å². The highest BCUT2D eigenvalue weighted by molar-refractivity contribution is 5.43. The molecule has 1 aromatic heterocycles. The summed E-state index contributed by atoms with van der Waals surface area (Å²) in [4.78, 5) is 13.6. The van der Waals surface area contributed by atoms with Gasteiger partial charge in [-0.25, -0.2) is 0 Å². The van der Waals surface area contributed by atoms with Crippen molar-refractivity contribution in [2.75, 3.05) is 11.9 Å². The molecule has 0 saturated heterocycles. The third-order valence-corrected chi connectivity index (χ3v) is 3.04. The molecule has 1 aliphatic carbocycles. The Morgan fingerprint density at radius 3 is 2.81 bits per heavy atom. The van der Waals surface area contributed by atoms with E-state index in [4.69, 9.17) is 0 Å². The van der Waals surface area contributed by atoms with E-state index in [1.807, 2.05) is 0 Å². The first-order valence-electron chi connectivity index (χ1n) is 5.60. The first kappa shape index (κ1) is 10.9. The fourth-order valence-corrected chi connectivity index (χ4v) is 1.80. The van der Waals surface area contributed by atoms with Gasteiger partial charge in [-0.2, -0.15) is 0 Å².